The lowest BCUT2D eigenvalue weighted by Gasteiger charge is -2.25. The molecule has 0 aromatic heterocycles. The van der Waals surface area contributed by atoms with Crippen molar-refractivity contribution in [2.24, 2.45) is 0 Å². The van der Waals surface area contributed by atoms with Crippen molar-refractivity contribution in [2.75, 3.05) is 27.6 Å². The van der Waals surface area contributed by atoms with E-state index in [-0.39, 0.29) is 13.4 Å². The van der Waals surface area contributed by atoms with Crippen LogP contribution in [-0.2, 0) is 32.3 Å². The average Bonchev–Trinajstić information content (AvgIpc) is 2.49. The van der Waals surface area contributed by atoms with Crippen LogP contribution in [0.3, 0.4) is 0 Å². The van der Waals surface area contributed by atoms with E-state index in [0.29, 0.717) is 12.5 Å². The number of hydrogen-bond acceptors (Lipinski definition) is 7. The molecular weight excluding hydrogens is 284 g/mol. The first-order valence-corrected chi connectivity index (χ1v) is 7.79. The van der Waals surface area contributed by atoms with Gasteiger partial charge >= 0.3 is 20.7 Å². The summed E-state index contributed by atoms with van der Waals surface area (Å²) in [7, 11) is -0.0434. The van der Waals surface area contributed by atoms with E-state index in [1.165, 1.54) is 14.2 Å². The van der Waals surface area contributed by atoms with E-state index in [4.69, 9.17) is 22.8 Å². The van der Waals surface area contributed by atoms with Crippen LogP contribution in [0.5, 0.6) is 0 Å². The fourth-order valence-electron chi connectivity index (χ4n) is 1.23. The first kappa shape index (κ1) is 18.5. The molecule has 0 amide bonds. The molecule has 0 fully saturated rings. The van der Waals surface area contributed by atoms with Crippen LogP contribution in [-0.4, -0.2) is 48.4 Å². The van der Waals surface area contributed by atoms with Crippen molar-refractivity contribution in [3.63, 3.8) is 0 Å². The van der Waals surface area contributed by atoms with Crippen molar-refractivity contribution >= 4 is 20.7 Å². The maximum atomic E-state index is 10.9. The minimum absolute atomic E-state index is 0.197. The van der Waals surface area contributed by atoms with E-state index >= 15 is 0 Å². The fourth-order valence-corrected chi connectivity index (χ4v) is 3.00. The van der Waals surface area contributed by atoms with Crippen molar-refractivity contribution in [2.45, 2.75) is 12.5 Å². The number of hydrogen-bond donors (Lipinski definition) is 0. The summed E-state index contributed by atoms with van der Waals surface area (Å²) < 4.78 is 25.4. The second-order valence-corrected chi connectivity index (χ2v) is 6.47. The lowest BCUT2D eigenvalue weighted by molar-refractivity contribution is -0.146. The first-order chi connectivity index (χ1) is 9.53. The smallest absolute Gasteiger partial charge is 0.463 e. The molecule has 0 radical (unpaired) electrons. The molecule has 0 saturated carbocycles. The second-order valence-electron chi connectivity index (χ2n) is 3.50. The first-order valence-electron chi connectivity index (χ1n) is 5.86. The van der Waals surface area contributed by atoms with Crippen LogP contribution in [0.4, 0.5) is 0 Å². The van der Waals surface area contributed by atoms with Crippen LogP contribution in [0.1, 0.15) is 6.42 Å². The van der Waals surface area contributed by atoms with E-state index in [1.54, 1.807) is 0 Å². The van der Waals surface area contributed by atoms with E-state index in [9.17, 15) is 9.59 Å². The van der Waals surface area contributed by atoms with Crippen molar-refractivity contribution in [3.05, 3.63) is 25.3 Å². The van der Waals surface area contributed by atoms with E-state index < -0.39 is 20.7 Å². The summed E-state index contributed by atoms with van der Waals surface area (Å²) in [6.45, 7) is 6.46. The van der Waals surface area contributed by atoms with E-state index in [0.717, 1.165) is 12.2 Å². The van der Waals surface area contributed by atoms with Gasteiger partial charge in [-0.3, -0.25) is 0 Å². The summed E-state index contributed by atoms with van der Waals surface area (Å²) in [5, 5.41) is 0. The third kappa shape index (κ3) is 7.19. The summed E-state index contributed by atoms with van der Waals surface area (Å²) in [6.07, 6.45) is 2.60. The van der Waals surface area contributed by atoms with Crippen LogP contribution in [0.15, 0.2) is 25.3 Å². The van der Waals surface area contributed by atoms with Gasteiger partial charge < -0.3 is 22.8 Å². The molecule has 0 unspecified atom stereocenters. The summed E-state index contributed by atoms with van der Waals surface area (Å²) in [5.74, 6) is -1.09. The maximum Gasteiger partial charge on any atom is 0.503 e. The topological polar surface area (TPSA) is 80.3 Å². The number of esters is 2. The Morgan fingerprint density at radius 3 is 2.10 bits per heavy atom. The lowest BCUT2D eigenvalue weighted by atomic mass is 10.5. The summed E-state index contributed by atoms with van der Waals surface area (Å²) in [5.41, 5.74) is 0. The zero-order valence-corrected chi connectivity index (χ0v) is 12.8. The molecule has 114 valence electrons. The highest BCUT2D eigenvalue weighted by atomic mass is 28.4. The van der Waals surface area contributed by atoms with Gasteiger partial charge in [0.2, 0.25) is 0 Å². The highest BCUT2D eigenvalue weighted by Crippen LogP contribution is 2.16. The molecule has 0 aliphatic carbocycles. The highest BCUT2D eigenvalue weighted by molar-refractivity contribution is 6.60. The Bertz CT molecular complexity index is 339. The molecule has 0 atom stereocenters. The third-order valence-corrected chi connectivity index (χ3v) is 5.07. The standard InChI is InChI=1S/C12H20O7Si/c1-5-11(13)17-8-7-9-20(15-3,16-4)19-10-18-12(14)6-2/h5-6H,1-2,7-10H2,3-4H3. The Morgan fingerprint density at radius 1 is 1.05 bits per heavy atom. The highest BCUT2D eigenvalue weighted by Gasteiger charge is 2.39. The molecule has 0 saturated heterocycles. The van der Waals surface area contributed by atoms with Gasteiger partial charge in [-0.05, 0) is 6.42 Å². The summed E-state index contributed by atoms with van der Waals surface area (Å²) in [4.78, 5) is 21.8. The Balaban J connectivity index is 4.16. The largest absolute Gasteiger partial charge is 0.503 e. The summed E-state index contributed by atoms with van der Waals surface area (Å²) in [6, 6.07) is 0.413. The molecule has 20 heavy (non-hydrogen) atoms. The lowest BCUT2D eigenvalue weighted by Crippen LogP contribution is -2.44. The Kier molecular flexibility index (Phi) is 9.56. The van der Waals surface area contributed by atoms with Gasteiger partial charge in [-0.2, -0.15) is 0 Å². The molecule has 0 aliphatic rings. The number of ether oxygens (including phenoxy) is 2. The van der Waals surface area contributed by atoms with Crippen molar-refractivity contribution in [3.8, 4) is 0 Å². The molecule has 0 bridgehead atoms. The Labute approximate surface area is 119 Å². The minimum atomic E-state index is -2.93. The van der Waals surface area contributed by atoms with Crippen molar-refractivity contribution < 1.29 is 32.3 Å². The molecule has 0 aliphatic heterocycles. The van der Waals surface area contributed by atoms with Crippen LogP contribution in [0.2, 0.25) is 6.04 Å². The molecule has 7 nitrogen and oxygen atoms in total. The number of carbonyl (C=O) groups is 2. The molecule has 0 aromatic rings. The SMILES string of the molecule is C=CC(=O)OCCC[Si](OC)(OC)OCOC(=O)C=C. The fraction of sp³-hybridized carbons (Fsp3) is 0.500. The van der Waals surface area contributed by atoms with E-state index in [2.05, 4.69) is 13.2 Å². The van der Waals surface area contributed by atoms with Gasteiger partial charge in [0.25, 0.3) is 0 Å². The zero-order valence-electron chi connectivity index (χ0n) is 11.8. The molecule has 0 aromatic carbocycles. The van der Waals surface area contributed by atoms with Gasteiger partial charge in [0.1, 0.15) is 0 Å². The molecule has 0 N–H and O–H groups in total. The predicted octanol–water partition coefficient (Wildman–Crippen LogP) is 1.04. The van der Waals surface area contributed by atoms with Crippen molar-refractivity contribution in [1.82, 2.24) is 0 Å². The van der Waals surface area contributed by atoms with Gasteiger partial charge in [0.15, 0.2) is 6.79 Å². The quantitative estimate of drug-likeness (QED) is 0.185. The molecule has 0 heterocycles. The van der Waals surface area contributed by atoms with Gasteiger partial charge in [-0.25, -0.2) is 9.59 Å². The van der Waals surface area contributed by atoms with Gasteiger partial charge in [0, 0.05) is 32.4 Å². The maximum absolute atomic E-state index is 10.9. The van der Waals surface area contributed by atoms with Crippen molar-refractivity contribution in [1.29, 1.82) is 0 Å². The number of rotatable bonds is 11. The normalized spacial score (nSPS) is 10.7. The Morgan fingerprint density at radius 2 is 1.60 bits per heavy atom. The number of carbonyl (C=O) groups excluding carboxylic acids is 2. The third-order valence-electron chi connectivity index (χ3n) is 2.31. The van der Waals surface area contributed by atoms with Crippen LogP contribution >= 0.6 is 0 Å². The molecule has 8 heteroatoms. The predicted molar refractivity (Wildman–Crippen MR) is 72.6 cm³/mol. The van der Waals surface area contributed by atoms with Gasteiger partial charge in [-0.15, -0.1) is 0 Å². The van der Waals surface area contributed by atoms with Crippen LogP contribution < -0.4 is 0 Å². The van der Waals surface area contributed by atoms with Gasteiger partial charge in [0.05, 0.1) is 6.61 Å². The van der Waals surface area contributed by atoms with E-state index in [1.807, 2.05) is 0 Å². The summed E-state index contributed by atoms with van der Waals surface area (Å²) >= 11 is 0. The average molecular weight is 304 g/mol. The second kappa shape index (κ2) is 10.3. The zero-order chi connectivity index (χ0) is 15.4. The molecule has 0 rings (SSSR count). The van der Waals surface area contributed by atoms with Crippen LogP contribution in [0, 0.1) is 0 Å². The monoisotopic (exact) mass is 304 g/mol. The Hall–Kier alpha value is -1.48. The molecular formula is C12H20O7Si. The van der Waals surface area contributed by atoms with Gasteiger partial charge in [-0.1, -0.05) is 13.2 Å². The van der Waals surface area contributed by atoms with Crippen LogP contribution in [0.25, 0.3) is 0 Å². The minimum Gasteiger partial charge on any atom is -0.463 e. The molecule has 0 spiro atoms.